The zero-order valence-corrected chi connectivity index (χ0v) is 23.4. The van der Waals surface area contributed by atoms with Crippen molar-refractivity contribution in [3.63, 3.8) is 0 Å². The Hall–Kier alpha value is -1.73. The van der Waals surface area contributed by atoms with Gasteiger partial charge < -0.3 is 15.3 Å². The Balaban J connectivity index is 1.03. The van der Waals surface area contributed by atoms with Crippen LogP contribution in [-0.2, 0) is 10.2 Å². The van der Waals surface area contributed by atoms with Gasteiger partial charge in [-0.25, -0.2) is 9.97 Å². The van der Waals surface area contributed by atoms with Gasteiger partial charge in [0.1, 0.15) is 11.6 Å². The molecule has 0 unspecified atom stereocenters. The Morgan fingerprint density at radius 3 is 2.30 bits per heavy atom. The molecule has 4 aliphatic rings. The molecule has 0 aromatic carbocycles. The Bertz CT molecular complexity index is 905. The minimum absolute atomic E-state index is 0.0295. The normalized spacial score (nSPS) is 29.5. The number of hydrogen-bond acceptors (Lipinski definition) is 6. The molecule has 37 heavy (non-hydrogen) atoms. The molecule has 3 aliphatic carbocycles. The fourth-order valence-corrected chi connectivity index (χ4v) is 6.44. The second-order valence-electron chi connectivity index (χ2n) is 13.5. The van der Waals surface area contributed by atoms with Crippen molar-refractivity contribution < 1.29 is 9.90 Å². The maximum atomic E-state index is 12.3. The Morgan fingerprint density at radius 2 is 1.70 bits per heavy atom. The second kappa shape index (κ2) is 11.6. The van der Waals surface area contributed by atoms with Gasteiger partial charge in [0.05, 0.1) is 6.10 Å². The van der Waals surface area contributed by atoms with Gasteiger partial charge in [-0.1, -0.05) is 27.2 Å². The van der Waals surface area contributed by atoms with Crippen LogP contribution >= 0.6 is 0 Å². The number of carbonyl (C=O) groups excluding carboxylic acids is 1. The van der Waals surface area contributed by atoms with Gasteiger partial charge in [-0.2, -0.15) is 0 Å². The molecule has 2 heterocycles. The molecule has 206 valence electrons. The summed E-state index contributed by atoms with van der Waals surface area (Å²) in [6, 6.07) is 2.63. The lowest BCUT2D eigenvalue weighted by atomic mass is 9.79. The average molecular weight is 512 g/mol. The van der Waals surface area contributed by atoms with Gasteiger partial charge in [0, 0.05) is 61.7 Å². The van der Waals surface area contributed by atoms with Crippen LogP contribution in [0.3, 0.4) is 0 Å². The van der Waals surface area contributed by atoms with Gasteiger partial charge in [-0.15, -0.1) is 0 Å². The number of piperazine rings is 1. The van der Waals surface area contributed by atoms with E-state index in [2.05, 4.69) is 42.0 Å². The van der Waals surface area contributed by atoms with Crippen LogP contribution in [-0.4, -0.2) is 70.8 Å². The first kappa shape index (κ1) is 26.9. The zero-order valence-electron chi connectivity index (χ0n) is 23.4. The molecule has 4 fully saturated rings. The molecule has 0 bridgehead atoms. The molecular weight excluding hydrogens is 462 g/mol. The maximum Gasteiger partial charge on any atom is 0.220 e. The van der Waals surface area contributed by atoms with Crippen LogP contribution in [0.1, 0.15) is 109 Å². The molecule has 7 nitrogen and oxygen atoms in total. The van der Waals surface area contributed by atoms with Crippen LogP contribution in [0, 0.1) is 11.8 Å². The van der Waals surface area contributed by atoms with E-state index in [9.17, 15) is 9.90 Å². The number of nitrogens with one attached hydrogen (secondary N) is 1. The first-order valence-electron chi connectivity index (χ1n) is 15.1. The Morgan fingerprint density at radius 1 is 1.00 bits per heavy atom. The third-order valence-electron chi connectivity index (χ3n) is 9.37. The van der Waals surface area contributed by atoms with Crippen molar-refractivity contribution in [2.24, 2.45) is 11.8 Å². The number of aliphatic hydroxyl groups excluding tert-OH is 1. The number of carbonyl (C=O) groups is 1. The van der Waals surface area contributed by atoms with Crippen molar-refractivity contribution in [3.05, 3.63) is 17.6 Å². The summed E-state index contributed by atoms with van der Waals surface area (Å²) in [5, 5.41) is 12.7. The van der Waals surface area contributed by atoms with Crippen LogP contribution in [0.4, 0.5) is 5.82 Å². The van der Waals surface area contributed by atoms with E-state index in [1.54, 1.807) is 0 Å². The van der Waals surface area contributed by atoms with E-state index in [0.717, 1.165) is 69.4 Å². The topological polar surface area (TPSA) is 81.6 Å². The van der Waals surface area contributed by atoms with E-state index < -0.39 is 0 Å². The van der Waals surface area contributed by atoms with Gasteiger partial charge in [-0.3, -0.25) is 9.69 Å². The number of amides is 1. The lowest BCUT2D eigenvalue weighted by Crippen LogP contribution is -2.47. The molecule has 1 aromatic heterocycles. The highest BCUT2D eigenvalue weighted by molar-refractivity contribution is 5.76. The summed E-state index contributed by atoms with van der Waals surface area (Å²) in [7, 11) is 0. The van der Waals surface area contributed by atoms with Crippen LogP contribution in [0.5, 0.6) is 0 Å². The molecule has 1 aliphatic heterocycles. The second-order valence-corrected chi connectivity index (χ2v) is 13.5. The van der Waals surface area contributed by atoms with E-state index in [-0.39, 0.29) is 17.4 Å². The highest BCUT2D eigenvalue weighted by Crippen LogP contribution is 2.37. The van der Waals surface area contributed by atoms with Gasteiger partial charge in [0.25, 0.3) is 0 Å². The van der Waals surface area contributed by atoms with Crippen LogP contribution in [0.25, 0.3) is 0 Å². The predicted octanol–water partition coefficient (Wildman–Crippen LogP) is 4.39. The van der Waals surface area contributed by atoms with Crippen LogP contribution in [0.2, 0.25) is 0 Å². The molecule has 7 heteroatoms. The van der Waals surface area contributed by atoms with Gasteiger partial charge in [0.15, 0.2) is 0 Å². The highest BCUT2D eigenvalue weighted by atomic mass is 16.3. The molecule has 0 radical (unpaired) electrons. The van der Waals surface area contributed by atoms with E-state index in [0.29, 0.717) is 24.3 Å². The number of nitrogens with zero attached hydrogens (tertiary/aromatic N) is 4. The number of aromatic nitrogens is 2. The standard InChI is InChI=1S/C30H49N5O2/c1-30(2,3)29-32-26(23-5-4-6-23)20-27(33-29)35-15-13-34(14-16-35)12-11-21-7-9-24(10-8-21)31-28(37)19-22-17-25(36)18-22/h20-25,36H,4-19H2,1-3H3,(H,31,37). The third kappa shape index (κ3) is 7.03. The molecule has 3 saturated carbocycles. The summed E-state index contributed by atoms with van der Waals surface area (Å²) < 4.78 is 0. The number of anilines is 1. The lowest BCUT2D eigenvalue weighted by Gasteiger charge is -2.37. The van der Waals surface area contributed by atoms with Crippen molar-refractivity contribution in [2.45, 2.75) is 115 Å². The number of aliphatic hydroxyl groups is 1. The van der Waals surface area contributed by atoms with E-state index in [4.69, 9.17) is 9.97 Å². The minimum Gasteiger partial charge on any atom is -0.393 e. The summed E-state index contributed by atoms with van der Waals surface area (Å²) in [4.78, 5) is 27.4. The maximum absolute atomic E-state index is 12.3. The summed E-state index contributed by atoms with van der Waals surface area (Å²) in [5.74, 6) is 4.12. The predicted molar refractivity (Wildman–Crippen MR) is 148 cm³/mol. The van der Waals surface area contributed by atoms with Crippen LogP contribution in [0.15, 0.2) is 6.07 Å². The van der Waals surface area contributed by atoms with Crippen molar-refractivity contribution >= 4 is 11.7 Å². The molecule has 0 spiro atoms. The molecule has 2 N–H and O–H groups in total. The molecule has 1 aromatic rings. The highest BCUT2D eigenvalue weighted by Gasteiger charge is 2.31. The quantitative estimate of drug-likeness (QED) is 0.539. The first-order chi connectivity index (χ1) is 17.7. The fourth-order valence-electron chi connectivity index (χ4n) is 6.44. The molecule has 1 saturated heterocycles. The monoisotopic (exact) mass is 511 g/mol. The van der Waals surface area contributed by atoms with Crippen LogP contribution < -0.4 is 10.2 Å². The molecule has 0 atom stereocenters. The average Bonchev–Trinajstić information content (AvgIpc) is 2.81. The summed E-state index contributed by atoms with van der Waals surface area (Å²) in [6.45, 7) is 12.1. The Kier molecular flexibility index (Phi) is 8.40. The van der Waals surface area contributed by atoms with E-state index >= 15 is 0 Å². The van der Waals surface area contributed by atoms with Crippen molar-refractivity contribution in [1.82, 2.24) is 20.2 Å². The van der Waals surface area contributed by atoms with E-state index in [1.165, 1.54) is 50.8 Å². The number of rotatable bonds is 8. The molecular formula is C30H49N5O2. The number of hydrogen-bond donors (Lipinski definition) is 2. The largest absolute Gasteiger partial charge is 0.393 e. The fraction of sp³-hybridized carbons (Fsp3) is 0.833. The van der Waals surface area contributed by atoms with Gasteiger partial charge in [-0.05, 0) is 76.2 Å². The van der Waals surface area contributed by atoms with Crippen molar-refractivity contribution in [1.29, 1.82) is 0 Å². The lowest BCUT2D eigenvalue weighted by molar-refractivity contribution is -0.124. The van der Waals surface area contributed by atoms with Gasteiger partial charge in [0.2, 0.25) is 5.91 Å². The smallest absolute Gasteiger partial charge is 0.220 e. The van der Waals surface area contributed by atoms with E-state index in [1.807, 2.05) is 0 Å². The SMILES string of the molecule is CC(C)(C)c1nc(C2CCC2)cc(N2CCN(CCC3CCC(NC(=O)CC4CC(O)C4)CC3)CC2)n1. The van der Waals surface area contributed by atoms with Crippen molar-refractivity contribution in [3.8, 4) is 0 Å². The summed E-state index contributed by atoms with van der Waals surface area (Å²) in [5.41, 5.74) is 1.23. The third-order valence-corrected chi connectivity index (χ3v) is 9.37. The summed E-state index contributed by atoms with van der Waals surface area (Å²) in [6.07, 6.45) is 11.9. The Labute approximate surface area is 223 Å². The molecule has 5 rings (SSSR count). The summed E-state index contributed by atoms with van der Waals surface area (Å²) >= 11 is 0. The van der Waals surface area contributed by atoms with Gasteiger partial charge >= 0.3 is 0 Å². The van der Waals surface area contributed by atoms with Crippen molar-refractivity contribution in [2.75, 3.05) is 37.6 Å². The minimum atomic E-state index is -0.172. The molecule has 1 amide bonds. The first-order valence-corrected chi connectivity index (χ1v) is 15.1. The zero-order chi connectivity index (χ0) is 26.0.